The number of nitrogens with zero attached hydrogens (tertiary/aromatic N) is 2. The summed E-state index contributed by atoms with van der Waals surface area (Å²) in [7, 11) is 0. The second-order valence-electron chi connectivity index (χ2n) is 6.71. The van der Waals surface area contributed by atoms with Crippen LogP contribution in [0.2, 0.25) is 0 Å². The number of benzene rings is 2. The first kappa shape index (κ1) is 20.9. The molecule has 2 amide bonds. The smallest absolute Gasteiger partial charge is 0.405 e. The number of carbonyl (C=O) groups is 1. The number of nitrogens with one attached hydrogen (secondary N) is 1. The molecule has 1 aliphatic rings. The van der Waals surface area contributed by atoms with Crippen LogP contribution in [0.15, 0.2) is 48.5 Å². The molecule has 2 aromatic carbocycles. The normalized spacial score (nSPS) is 15.2. The molecular formula is C20H21F4N3O2. The number of alkyl halides is 3. The molecule has 0 unspecified atom stereocenters. The number of hydrogen-bond acceptors (Lipinski definition) is 3. The fourth-order valence-corrected chi connectivity index (χ4v) is 3.13. The summed E-state index contributed by atoms with van der Waals surface area (Å²) < 4.78 is 54.6. The predicted octanol–water partition coefficient (Wildman–Crippen LogP) is 3.75. The highest BCUT2D eigenvalue weighted by Crippen LogP contribution is 2.27. The predicted molar refractivity (Wildman–Crippen MR) is 98.6 cm³/mol. The van der Waals surface area contributed by atoms with Gasteiger partial charge in [-0.2, -0.15) is 0 Å². The Morgan fingerprint density at radius 3 is 2.38 bits per heavy atom. The summed E-state index contributed by atoms with van der Waals surface area (Å²) in [4.78, 5) is 16.2. The number of urea groups is 1. The summed E-state index contributed by atoms with van der Waals surface area (Å²) in [6.07, 6.45) is -4.94. The minimum atomic E-state index is -4.94. The van der Waals surface area contributed by atoms with Gasteiger partial charge in [-0.3, -0.25) is 4.90 Å². The Morgan fingerprint density at radius 2 is 1.72 bits per heavy atom. The van der Waals surface area contributed by atoms with Crippen LogP contribution in [0.3, 0.4) is 0 Å². The van der Waals surface area contributed by atoms with Crippen LogP contribution in [0.1, 0.15) is 11.1 Å². The average Bonchev–Trinajstić information content (AvgIpc) is 2.67. The van der Waals surface area contributed by atoms with Crippen molar-refractivity contribution < 1.29 is 27.1 Å². The third-order valence-corrected chi connectivity index (χ3v) is 4.59. The second kappa shape index (κ2) is 9.13. The van der Waals surface area contributed by atoms with Gasteiger partial charge in [0, 0.05) is 50.9 Å². The molecule has 0 aromatic heterocycles. The first-order chi connectivity index (χ1) is 13.8. The van der Waals surface area contributed by atoms with Crippen LogP contribution in [0.5, 0.6) is 5.75 Å². The van der Waals surface area contributed by atoms with Gasteiger partial charge in [-0.05, 0) is 11.6 Å². The lowest BCUT2D eigenvalue weighted by Crippen LogP contribution is -2.51. The molecule has 5 nitrogen and oxygen atoms in total. The van der Waals surface area contributed by atoms with Gasteiger partial charge in [0.1, 0.15) is 11.6 Å². The highest BCUT2D eigenvalue weighted by molar-refractivity contribution is 5.74. The molecule has 0 saturated carbocycles. The van der Waals surface area contributed by atoms with Gasteiger partial charge < -0.3 is 15.0 Å². The van der Waals surface area contributed by atoms with E-state index in [0.29, 0.717) is 32.2 Å². The maximum atomic E-state index is 13.3. The first-order valence-corrected chi connectivity index (χ1v) is 9.13. The Morgan fingerprint density at radius 1 is 1.03 bits per heavy atom. The minimum Gasteiger partial charge on any atom is -0.405 e. The standard InChI is InChI=1S/C20H21F4N3O2/c21-17-7-6-16(18(12-17)29-20(22,23)24)13-25-19(28)27-10-8-26(9-11-27)14-15-4-2-1-3-5-15/h1-7,12H,8-11,13-14H2,(H,25,28). The van der Waals surface area contributed by atoms with Crippen molar-refractivity contribution in [1.82, 2.24) is 15.1 Å². The average molecular weight is 411 g/mol. The topological polar surface area (TPSA) is 44.8 Å². The molecule has 0 bridgehead atoms. The summed E-state index contributed by atoms with van der Waals surface area (Å²) in [5, 5.41) is 2.58. The highest BCUT2D eigenvalue weighted by atomic mass is 19.4. The van der Waals surface area contributed by atoms with Gasteiger partial charge in [0.2, 0.25) is 0 Å². The fourth-order valence-electron chi connectivity index (χ4n) is 3.13. The molecule has 156 valence electrons. The molecule has 1 aliphatic heterocycles. The van der Waals surface area contributed by atoms with Crippen molar-refractivity contribution in [3.8, 4) is 5.75 Å². The van der Waals surface area contributed by atoms with E-state index in [1.54, 1.807) is 4.90 Å². The van der Waals surface area contributed by atoms with Gasteiger partial charge in [0.15, 0.2) is 0 Å². The number of halogens is 4. The van der Waals surface area contributed by atoms with Crippen LogP contribution in [0, 0.1) is 5.82 Å². The highest BCUT2D eigenvalue weighted by Gasteiger charge is 2.32. The Bertz CT molecular complexity index is 822. The zero-order chi connectivity index (χ0) is 20.9. The molecule has 0 radical (unpaired) electrons. The van der Waals surface area contributed by atoms with Crippen molar-refractivity contribution in [1.29, 1.82) is 0 Å². The van der Waals surface area contributed by atoms with Crippen molar-refractivity contribution in [2.45, 2.75) is 19.5 Å². The monoisotopic (exact) mass is 411 g/mol. The number of hydrogen-bond donors (Lipinski definition) is 1. The van der Waals surface area contributed by atoms with Crippen molar-refractivity contribution in [2.75, 3.05) is 26.2 Å². The molecule has 2 aromatic rings. The third kappa shape index (κ3) is 6.35. The van der Waals surface area contributed by atoms with E-state index < -0.39 is 17.9 Å². The molecule has 1 fully saturated rings. The van der Waals surface area contributed by atoms with Gasteiger partial charge >= 0.3 is 12.4 Å². The van der Waals surface area contributed by atoms with Crippen molar-refractivity contribution in [3.05, 3.63) is 65.5 Å². The maximum absolute atomic E-state index is 13.3. The van der Waals surface area contributed by atoms with Crippen LogP contribution >= 0.6 is 0 Å². The summed E-state index contributed by atoms with van der Waals surface area (Å²) in [5.41, 5.74) is 1.23. The molecule has 29 heavy (non-hydrogen) atoms. The Kier molecular flexibility index (Phi) is 6.58. The van der Waals surface area contributed by atoms with Crippen LogP contribution in [0.4, 0.5) is 22.4 Å². The van der Waals surface area contributed by atoms with E-state index in [1.165, 1.54) is 5.56 Å². The Balaban J connectivity index is 1.50. The third-order valence-electron chi connectivity index (χ3n) is 4.59. The lowest BCUT2D eigenvalue weighted by atomic mass is 10.2. The first-order valence-electron chi connectivity index (χ1n) is 9.13. The molecule has 1 N–H and O–H groups in total. The molecule has 9 heteroatoms. The second-order valence-corrected chi connectivity index (χ2v) is 6.71. The molecule has 1 heterocycles. The van der Waals surface area contributed by atoms with Gasteiger partial charge in [-0.15, -0.1) is 13.2 Å². The Labute approximate surface area is 165 Å². The minimum absolute atomic E-state index is 0.0415. The van der Waals surface area contributed by atoms with E-state index in [4.69, 9.17) is 0 Å². The summed E-state index contributed by atoms with van der Waals surface area (Å²) >= 11 is 0. The zero-order valence-electron chi connectivity index (χ0n) is 15.6. The number of piperazine rings is 1. The van der Waals surface area contributed by atoms with E-state index in [1.807, 2.05) is 30.3 Å². The number of rotatable bonds is 5. The lowest BCUT2D eigenvalue weighted by molar-refractivity contribution is -0.275. The SMILES string of the molecule is O=C(NCc1ccc(F)cc1OC(F)(F)F)N1CCN(Cc2ccccc2)CC1. The van der Waals surface area contributed by atoms with E-state index in [9.17, 15) is 22.4 Å². The van der Waals surface area contributed by atoms with Gasteiger partial charge in [0.05, 0.1) is 0 Å². The fraction of sp³-hybridized carbons (Fsp3) is 0.350. The summed E-state index contributed by atoms with van der Waals surface area (Å²) in [6, 6.07) is 12.4. The Hall–Kier alpha value is -2.81. The van der Waals surface area contributed by atoms with Crippen molar-refractivity contribution in [3.63, 3.8) is 0 Å². The van der Waals surface area contributed by atoms with Crippen LogP contribution in [0.25, 0.3) is 0 Å². The molecular weight excluding hydrogens is 390 g/mol. The van der Waals surface area contributed by atoms with Crippen LogP contribution in [-0.4, -0.2) is 48.4 Å². The lowest BCUT2D eigenvalue weighted by Gasteiger charge is -2.34. The molecule has 3 rings (SSSR count). The number of amides is 2. The van der Waals surface area contributed by atoms with Gasteiger partial charge in [0.25, 0.3) is 0 Å². The van der Waals surface area contributed by atoms with E-state index in [2.05, 4.69) is 15.0 Å². The van der Waals surface area contributed by atoms with E-state index in [0.717, 1.165) is 18.7 Å². The van der Waals surface area contributed by atoms with Gasteiger partial charge in [-0.1, -0.05) is 36.4 Å². The molecule has 0 atom stereocenters. The van der Waals surface area contributed by atoms with Gasteiger partial charge in [-0.25, -0.2) is 9.18 Å². The molecule has 0 spiro atoms. The summed E-state index contributed by atoms with van der Waals surface area (Å²) in [6.45, 7) is 3.00. The quantitative estimate of drug-likeness (QED) is 0.763. The van der Waals surface area contributed by atoms with Crippen molar-refractivity contribution >= 4 is 6.03 Å². The number of ether oxygens (including phenoxy) is 1. The maximum Gasteiger partial charge on any atom is 0.573 e. The van der Waals surface area contributed by atoms with E-state index >= 15 is 0 Å². The summed E-state index contributed by atoms with van der Waals surface area (Å²) in [5.74, 6) is -1.51. The van der Waals surface area contributed by atoms with E-state index in [-0.39, 0.29) is 18.1 Å². The molecule has 0 aliphatic carbocycles. The largest absolute Gasteiger partial charge is 0.573 e. The van der Waals surface area contributed by atoms with Crippen LogP contribution in [-0.2, 0) is 13.1 Å². The van der Waals surface area contributed by atoms with Crippen LogP contribution < -0.4 is 10.1 Å². The molecule has 1 saturated heterocycles. The number of carbonyl (C=O) groups excluding carboxylic acids is 1. The van der Waals surface area contributed by atoms with Crippen molar-refractivity contribution in [2.24, 2.45) is 0 Å². The zero-order valence-corrected chi connectivity index (χ0v) is 15.6.